The van der Waals surface area contributed by atoms with Crippen molar-refractivity contribution < 1.29 is 4.79 Å². The van der Waals surface area contributed by atoms with Crippen molar-refractivity contribution in [3.05, 3.63) is 30.3 Å². The number of thiocarbonyl (C=S) groups is 1. The van der Waals surface area contributed by atoms with E-state index in [4.69, 9.17) is 17.5 Å². The predicted molar refractivity (Wildman–Crippen MR) is 77.5 cm³/mol. The van der Waals surface area contributed by atoms with Gasteiger partial charge in [-0.1, -0.05) is 18.2 Å². The van der Waals surface area contributed by atoms with Crippen molar-refractivity contribution in [3.63, 3.8) is 0 Å². The van der Waals surface area contributed by atoms with Gasteiger partial charge in [0.1, 0.15) is 0 Å². The summed E-state index contributed by atoms with van der Waals surface area (Å²) in [5.41, 5.74) is 0.888. The van der Waals surface area contributed by atoms with Gasteiger partial charge in [-0.05, 0) is 37.2 Å². The smallest absolute Gasteiger partial charge is 0.229 e. The Balaban J connectivity index is 2.06. The highest BCUT2D eigenvalue weighted by atomic mass is 32.1. The molecule has 0 spiro atoms. The average molecular weight is 273 g/mol. The van der Waals surface area contributed by atoms with Crippen molar-refractivity contribution in [2.45, 2.75) is 19.3 Å². The van der Waals surface area contributed by atoms with E-state index in [0.29, 0.717) is 18.1 Å². The van der Waals surface area contributed by atoms with E-state index < -0.39 is 0 Å². The normalized spacial score (nSPS) is 13.4. The maximum Gasteiger partial charge on any atom is 0.229 e. The van der Waals surface area contributed by atoms with Gasteiger partial charge in [-0.3, -0.25) is 4.79 Å². The summed E-state index contributed by atoms with van der Waals surface area (Å²) in [6.07, 6.45) is 2.24. The van der Waals surface area contributed by atoms with Crippen LogP contribution in [0.1, 0.15) is 19.3 Å². The van der Waals surface area contributed by atoms with Gasteiger partial charge in [-0.25, -0.2) is 0 Å². The number of nitriles is 1. The standard InChI is InChI=1S/C14H15N3OS/c15-9-4-10-17(12-5-2-1-3-6-12)14(19)16-13(18)11-7-8-11/h1-3,5-6,11H,4,7-8,10H2,(H,16,18,19). The highest BCUT2D eigenvalue weighted by molar-refractivity contribution is 7.80. The lowest BCUT2D eigenvalue weighted by Gasteiger charge is -2.24. The summed E-state index contributed by atoms with van der Waals surface area (Å²) in [5, 5.41) is 11.8. The van der Waals surface area contributed by atoms with Gasteiger partial charge in [-0.15, -0.1) is 0 Å². The quantitative estimate of drug-likeness (QED) is 0.855. The third-order valence-corrected chi connectivity index (χ3v) is 3.26. The molecule has 1 N–H and O–H groups in total. The molecule has 0 atom stereocenters. The molecule has 1 aliphatic carbocycles. The molecular formula is C14H15N3OS. The molecule has 1 saturated carbocycles. The van der Waals surface area contributed by atoms with Gasteiger partial charge in [-0.2, -0.15) is 5.26 Å². The van der Waals surface area contributed by atoms with Gasteiger partial charge >= 0.3 is 0 Å². The largest absolute Gasteiger partial charge is 0.318 e. The summed E-state index contributed by atoms with van der Waals surface area (Å²) in [4.78, 5) is 13.5. The molecule has 5 heteroatoms. The van der Waals surface area contributed by atoms with Gasteiger partial charge in [0.15, 0.2) is 5.11 Å². The summed E-state index contributed by atoms with van der Waals surface area (Å²) < 4.78 is 0. The van der Waals surface area contributed by atoms with Crippen LogP contribution >= 0.6 is 12.2 Å². The third kappa shape index (κ3) is 3.76. The Hall–Kier alpha value is -1.93. The minimum atomic E-state index is -0.0112. The van der Waals surface area contributed by atoms with Crippen molar-refractivity contribution in [1.29, 1.82) is 5.26 Å². The van der Waals surface area contributed by atoms with E-state index in [1.165, 1.54) is 0 Å². The molecule has 1 aromatic rings. The maximum absolute atomic E-state index is 11.7. The number of rotatable bonds is 4. The van der Waals surface area contributed by atoms with Gasteiger partial charge in [0, 0.05) is 18.2 Å². The highest BCUT2D eigenvalue weighted by Gasteiger charge is 2.30. The first-order valence-electron chi connectivity index (χ1n) is 6.26. The van der Waals surface area contributed by atoms with Gasteiger partial charge in [0.2, 0.25) is 5.91 Å². The topological polar surface area (TPSA) is 56.1 Å². The van der Waals surface area contributed by atoms with E-state index in [1.54, 1.807) is 4.90 Å². The molecule has 0 bridgehead atoms. The molecule has 1 fully saturated rings. The fourth-order valence-corrected chi connectivity index (χ4v) is 2.04. The molecule has 0 unspecified atom stereocenters. The fraction of sp³-hybridized carbons (Fsp3) is 0.357. The average Bonchev–Trinajstić information content (AvgIpc) is 3.24. The number of amides is 1. The Kier molecular flexibility index (Phi) is 4.48. The Morgan fingerprint density at radius 1 is 1.42 bits per heavy atom. The van der Waals surface area contributed by atoms with Gasteiger partial charge in [0.25, 0.3) is 0 Å². The molecule has 4 nitrogen and oxygen atoms in total. The van der Waals surface area contributed by atoms with Gasteiger partial charge in [0.05, 0.1) is 12.5 Å². The van der Waals surface area contributed by atoms with E-state index in [2.05, 4.69) is 11.4 Å². The highest BCUT2D eigenvalue weighted by Crippen LogP contribution is 2.28. The van der Waals surface area contributed by atoms with Crippen LogP contribution in [0, 0.1) is 17.2 Å². The third-order valence-electron chi connectivity index (χ3n) is 2.94. The van der Waals surface area contributed by atoms with Gasteiger partial charge < -0.3 is 10.2 Å². The second-order valence-electron chi connectivity index (χ2n) is 4.46. The lowest BCUT2D eigenvalue weighted by molar-refractivity contribution is -0.120. The monoisotopic (exact) mass is 273 g/mol. The number of carbonyl (C=O) groups excluding carboxylic acids is 1. The van der Waals surface area contributed by atoms with Crippen molar-refractivity contribution in [1.82, 2.24) is 5.32 Å². The number of para-hydroxylation sites is 1. The fourth-order valence-electron chi connectivity index (χ4n) is 1.74. The SMILES string of the molecule is N#CCCN(C(=S)NC(=O)C1CC1)c1ccccc1. The summed E-state index contributed by atoms with van der Waals surface area (Å²) in [5.74, 6) is 0.106. The number of hydrogen-bond acceptors (Lipinski definition) is 3. The minimum Gasteiger partial charge on any atom is -0.318 e. The minimum absolute atomic E-state index is 0.0112. The van der Waals surface area contributed by atoms with Crippen LogP contribution in [0.5, 0.6) is 0 Å². The number of anilines is 1. The number of hydrogen-bond donors (Lipinski definition) is 1. The molecule has 0 aromatic heterocycles. The first-order valence-corrected chi connectivity index (χ1v) is 6.67. The maximum atomic E-state index is 11.7. The van der Waals surface area contributed by atoms with Crippen LogP contribution in [0.4, 0.5) is 5.69 Å². The molecule has 1 aliphatic rings. The van der Waals surface area contributed by atoms with Crippen LogP contribution < -0.4 is 10.2 Å². The molecule has 19 heavy (non-hydrogen) atoms. The van der Waals surface area contributed by atoms with Crippen LogP contribution in [0.25, 0.3) is 0 Å². The lowest BCUT2D eigenvalue weighted by atomic mass is 10.3. The first-order chi connectivity index (χ1) is 9.22. The Labute approximate surface area is 118 Å². The first kappa shape index (κ1) is 13.5. The second kappa shape index (κ2) is 6.30. The molecule has 2 rings (SSSR count). The van der Waals surface area contributed by atoms with Crippen LogP contribution in [0.15, 0.2) is 30.3 Å². The number of nitrogens with one attached hydrogen (secondary N) is 1. The summed E-state index contributed by atoms with van der Waals surface area (Å²) in [7, 11) is 0. The van der Waals surface area contributed by atoms with Crippen molar-refractivity contribution in [3.8, 4) is 6.07 Å². The van der Waals surface area contributed by atoms with Crippen LogP contribution in [-0.4, -0.2) is 17.6 Å². The molecular weight excluding hydrogens is 258 g/mol. The Morgan fingerprint density at radius 3 is 2.68 bits per heavy atom. The second-order valence-corrected chi connectivity index (χ2v) is 4.85. The van der Waals surface area contributed by atoms with E-state index in [-0.39, 0.29) is 11.8 Å². The molecule has 1 amide bonds. The zero-order valence-corrected chi connectivity index (χ0v) is 11.3. The number of benzene rings is 1. The summed E-state index contributed by atoms with van der Waals surface area (Å²) >= 11 is 5.28. The summed E-state index contributed by atoms with van der Waals surface area (Å²) in [6, 6.07) is 11.6. The van der Waals surface area contributed by atoms with E-state index >= 15 is 0 Å². The zero-order valence-electron chi connectivity index (χ0n) is 10.5. The van der Waals surface area contributed by atoms with E-state index in [1.807, 2.05) is 30.3 Å². The molecule has 98 valence electrons. The Bertz CT molecular complexity index is 505. The lowest BCUT2D eigenvalue weighted by Crippen LogP contribution is -2.43. The number of nitrogens with zero attached hydrogens (tertiary/aromatic N) is 2. The molecule has 1 aromatic carbocycles. The van der Waals surface area contributed by atoms with Crippen molar-refractivity contribution in [2.24, 2.45) is 5.92 Å². The molecule has 0 heterocycles. The molecule has 0 aliphatic heterocycles. The van der Waals surface area contributed by atoms with Crippen molar-refractivity contribution in [2.75, 3.05) is 11.4 Å². The van der Waals surface area contributed by atoms with E-state index in [0.717, 1.165) is 18.5 Å². The molecule has 0 radical (unpaired) electrons. The number of carbonyl (C=O) groups is 1. The van der Waals surface area contributed by atoms with Crippen LogP contribution in [0.2, 0.25) is 0 Å². The predicted octanol–water partition coefficient (Wildman–Crippen LogP) is 2.22. The Morgan fingerprint density at radius 2 is 2.11 bits per heavy atom. The van der Waals surface area contributed by atoms with Crippen LogP contribution in [-0.2, 0) is 4.79 Å². The zero-order chi connectivity index (χ0) is 13.7. The van der Waals surface area contributed by atoms with Crippen molar-refractivity contribution >= 4 is 28.9 Å². The van der Waals surface area contributed by atoms with E-state index in [9.17, 15) is 4.79 Å². The van der Waals surface area contributed by atoms with Crippen LogP contribution in [0.3, 0.4) is 0 Å². The molecule has 0 saturated heterocycles. The summed E-state index contributed by atoms with van der Waals surface area (Å²) in [6.45, 7) is 0.476.